The summed E-state index contributed by atoms with van der Waals surface area (Å²) in [5.74, 6) is -1.17. The van der Waals surface area contributed by atoms with E-state index in [9.17, 15) is 14.0 Å². The molecular weight excluding hydrogens is 393 g/mol. The summed E-state index contributed by atoms with van der Waals surface area (Å²) in [6, 6.07) is 12.9. The summed E-state index contributed by atoms with van der Waals surface area (Å²) in [5.41, 5.74) is 2.24. The molecule has 0 atom stereocenters. The molecule has 8 heteroatoms. The number of benzene rings is 2. The lowest BCUT2D eigenvalue weighted by molar-refractivity contribution is -0.136. The number of methoxy groups -OCH3 is 1. The van der Waals surface area contributed by atoms with Gasteiger partial charge in [-0.05, 0) is 55.5 Å². The number of amides is 2. The number of ether oxygens (including phenoxy) is 1. The molecule has 6 nitrogen and oxygen atoms in total. The fourth-order valence-electron chi connectivity index (χ4n) is 2.61. The van der Waals surface area contributed by atoms with Crippen molar-refractivity contribution in [2.24, 2.45) is 0 Å². The molecule has 0 saturated heterocycles. The molecule has 0 bridgehead atoms. The van der Waals surface area contributed by atoms with E-state index in [0.717, 1.165) is 26.9 Å². The molecule has 1 heterocycles. The summed E-state index contributed by atoms with van der Waals surface area (Å²) in [6.07, 6.45) is 0.565. The summed E-state index contributed by atoms with van der Waals surface area (Å²) in [6.45, 7) is 2.22. The third-order valence-corrected chi connectivity index (χ3v) is 5.44. The minimum atomic E-state index is -0.795. The van der Waals surface area contributed by atoms with Gasteiger partial charge in [-0.25, -0.2) is 9.37 Å². The number of anilines is 1. The Morgan fingerprint density at radius 2 is 1.76 bits per heavy atom. The van der Waals surface area contributed by atoms with E-state index in [1.807, 2.05) is 31.2 Å². The highest BCUT2D eigenvalue weighted by atomic mass is 32.1. The summed E-state index contributed by atoms with van der Waals surface area (Å²) in [5, 5.41) is 5.91. The number of aromatic nitrogens is 1. The SMILES string of the molecule is COc1ccc(-c2nc(C)c(CCNC(=O)C(=O)Nc3ccc(F)cc3)s2)cc1. The van der Waals surface area contributed by atoms with Crippen molar-refractivity contribution in [1.82, 2.24) is 10.3 Å². The Labute approximate surface area is 171 Å². The average Bonchev–Trinajstić information content (AvgIpc) is 3.10. The zero-order chi connectivity index (χ0) is 20.8. The van der Waals surface area contributed by atoms with Crippen molar-refractivity contribution in [2.75, 3.05) is 19.0 Å². The van der Waals surface area contributed by atoms with Gasteiger partial charge in [0, 0.05) is 29.1 Å². The Kier molecular flexibility index (Phi) is 6.56. The second-order valence-corrected chi connectivity index (χ2v) is 7.31. The van der Waals surface area contributed by atoms with Crippen LogP contribution in [-0.2, 0) is 16.0 Å². The van der Waals surface area contributed by atoms with E-state index in [4.69, 9.17) is 4.74 Å². The van der Waals surface area contributed by atoms with E-state index in [-0.39, 0.29) is 0 Å². The molecule has 0 radical (unpaired) electrons. The number of carbonyl (C=O) groups is 2. The van der Waals surface area contributed by atoms with Crippen LogP contribution in [0.1, 0.15) is 10.6 Å². The van der Waals surface area contributed by atoms with E-state index < -0.39 is 17.6 Å². The second kappa shape index (κ2) is 9.29. The maximum absolute atomic E-state index is 12.9. The van der Waals surface area contributed by atoms with E-state index in [2.05, 4.69) is 15.6 Å². The Bertz CT molecular complexity index is 1000. The van der Waals surface area contributed by atoms with Crippen LogP contribution in [0.15, 0.2) is 48.5 Å². The van der Waals surface area contributed by atoms with Gasteiger partial charge in [0.25, 0.3) is 0 Å². The van der Waals surface area contributed by atoms with Crippen LogP contribution in [0.4, 0.5) is 10.1 Å². The van der Waals surface area contributed by atoms with Crippen molar-refractivity contribution in [1.29, 1.82) is 0 Å². The van der Waals surface area contributed by atoms with Crippen LogP contribution in [-0.4, -0.2) is 30.5 Å². The molecule has 0 saturated carbocycles. The standard InChI is InChI=1S/C21H20FN3O3S/c1-13-18(29-21(24-13)14-3-9-17(28-2)10-4-14)11-12-23-19(26)20(27)25-16-7-5-15(22)6-8-16/h3-10H,11-12H2,1-2H3,(H,23,26)(H,25,27). The summed E-state index contributed by atoms with van der Waals surface area (Å²) >= 11 is 1.55. The number of aryl methyl sites for hydroxylation is 1. The molecule has 1 aromatic heterocycles. The number of hydrogen-bond donors (Lipinski definition) is 2. The lowest BCUT2D eigenvalue weighted by atomic mass is 10.2. The van der Waals surface area contributed by atoms with Crippen molar-refractivity contribution in [3.63, 3.8) is 0 Å². The lowest BCUT2D eigenvalue weighted by Crippen LogP contribution is -2.36. The number of carbonyl (C=O) groups excluding carboxylic acids is 2. The fourth-order valence-corrected chi connectivity index (χ4v) is 3.68. The molecular formula is C21H20FN3O3S. The van der Waals surface area contributed by atoms with Gasteiger partial charge in [0.1, 0.15) is 16.6 Å². The Morgan fingerprint density at radius 3 is 2.41 bits per heavy atom. The van der Waals surface area contributed by atoms with Gasteiger partial charge >= 0.3 is 11.8 Å². The molecule has 2 aromatic carbocycles. The summed E-state index contributed by atoms with van der Waals surface area (Å²) < 4.78 is 18.1. The highest BCUT2D eigenvalue weighted by Crippen LogP contribution is 2.29. The predicted molar refractivity (Wildman–Crippen MR) is 111 cm³/mol. The molecule has 0 spiro atoms. The maximum Gasteiger partial charge on any atom is 0.313 e. The molecule has 3 aromatic rings. The predicted octanol–water partition coefficient (Wildman–Crippen LogP) is 3.56. The van der Waals surface area contributed by atoms with Crippen LogP contribution >= 0.6 is 11.3 Å². The first-order valence-corrected chi connectivity index (χ1v) is 9.73. The van der Waals surface area contributed by atoms with E-state index in [0.29, 0.717) is 18.7 Å². The van der Waals surface area contributed by atoms with Crippen molar-refractivity contribution in [3.05, 3.63) is 64.9 Å². The number of hydrogen-bond acceptors (Lipinski definition) is 5. The summed E-state index contributed by atoms with van der Waals surface area (Å²) in [7, 11) is 1.62. The van der Waals surface area contributed by atoms with Crippen LogP contribution in [0.25, 0.3) is 10.6 Å². The maximum atomic E-state index is 12.9. The molecule has 0 aliphatic rings. The molecule has 29 heavy (non-hydrogen) atoms. The molecule has 3 rings (SSSR count). The van der Waals surface area contributed by atoms with E-state index in [1.165, 1.54) is 24.3 Å². The van der Waals surface area contributed by atoms with Gasteiger partial charge in [-0.1, -0.05) is 0 Å². The first-order chi connectivity index (χ1) is 14.0. The minimum Gasteiger partial charge on any atom is -0.497 e. The van der Waals surface area contributed by atoms with Crippen molar-refractivity contribution in [3.8, 4) is 16.3 Å². The first kappa shape index (κ1) is 20.5. The van der Waals surface area contributed by atoms with Gasteiger partial charge in [0.15, 0.2) is 0 Å². The Morgan fingerprint density at radius 1 is 1.07 bits per heavy atom. The zero-order valence-corrected chi connectivity index (χ0v) is 16.8. The van der Waals surface area contributed by atoms with Crippen LogP contribution in [0.2, 0.25) is 0 Å². The molecule has 150 valence electrons. The largest absolute Gasteiger partial charge is 0.497 e. The topological polar surface area (TPSA) is 80.3 Å². The molecule has 0 aliphatic heterocycles. The fraction of sp³-hybridized carbons (Fsp3) is 0.190. The van der Waals surface area contributed by atoms with Gasteiger partial charge < -0.3 is 15.4 Å². The van der Waals surface area contributed by atoms with Gasteiger partial charge in [0.05, 0.1) is 12.8 Å². The highest BCUT2D eigenvalue weighted by molar-refractivity contribution is 7.15. The second-order valence-electron chi connectivity index (χ2n) is 6.22. The summed E-state index contributed by atoms with van der Waals surface area (Å²) in [4.78, 5) is 29.5. The number of halogens is 1. The highest BCUT2D eigenvalue weighted by Gasteiger charge is 2.14. The van der Waals surface area contributed by atoms with Crippen LogP contribution in [0.5, 0.6) is 5.75 Å². The minimum absolute atomic E-state index is 0.306. The third kappa shape index (κ3) is 5.39. The first-order valence-electron chi connectivity index (χ1n) is 8.91. The number of nitrogens with zero attached hydrogens (tertiary/aromatic N) is 1. The average molecular weight is 413 g/mol. The zero-order valence-electron chi connectivity index (χ0n) is 16.0. The smallest absolute Gasteiger partial charge is 0.313 e. The monoisotopic (exact) mass is 413 g/mol. The van der Waals surface area contributed by atoms with Crippen molar-refractivity contribution in [2.45, 2.75) is 13.3 Å². The van der Waals surface area contributed by atoms with Gasteiger partial charge in [-0.2, -0.15) is 0 Å². The molecule has 2 N–H and O–H groups in total. The number of nitrogens with one attached hydrogen (secondary N) is 2. The lowest BCUT2D eigenvalue weighted by Gasteiger charge is -2.06. The van der Waals surface area contributed by atoms with Crippen LogP contribution in [0.3, 0.4) is 0 Å². The third-order valence-electron chi connectivity index (χ3n) is 4.18. The number of thiazole rings is 1. The molecule has 0 fully saturated rings. The van der Waals surface area contributed by atoms with Crippen molar-refractivity contribution >= 4 is 28.8 Å². The molecule has 2 amide bonds. The molecule has 0 aliphatic carbocycles. The van der Waals surface area contributed by atoms with Crippen molar-refractivity contribution < 1.29 is 18.7 Å². The number of rotatable bonds is 6. The van der Waals surface area contributed by atoms with Gasteiger partial charge in [-0.3, -0.25) is 9.59 Å². The Balaban J connectivity index is 1.53. The quantitative estimate of drug-likeness (QED) is 0.606. The Hall–Kier alpha value is -3.26. The van der Waals surface area contributed by atoms with Crippen LogP contribution < -0.4 is 15.4 Å². The van der Waals surface area contributed by atoms with Gasteiger partial charge in [-0.15, -0.1) is 11.3 Å². The normalized spacial score (nSPS) is 10.4. The van der Waals surface area contributed by atoms with E-state index >= 15 is 0 Å². The molecule has 0 unspecified atom stereocenters. The van der Waals surface area contributed by atoms with Gasteiger partial charge in [0.2, 0.25) is 0 Å². The van der Waals surface area contributed by atoms with E-state index in [1.54, 1.807) is 18.4 Å². The van der Waals surface area contributed by atoms with Crippen LogP contribution in [0, 0.1) is 12.7 Å².